The van der Waals surface area contributed by atoms with Gasteiger partial charge in [-0.05, 0) is 47.1 Å². The molecule has 0 fully saturated rings. The van der Waals surface area contributed by atoms with Crippen LogP contribution in [-0.4, -0.2) is 17.8 Å². The van der Waals surface area contributed by atoms with Crippen molar-refractivity contribution in [2.75, 3.05) is 6.61 Å². The summed E-state index contributed by atoms with van der Waals surface area (Å²) >= 11 is 1.66. The monoisotopic (exact) mass is 300 g/mol. The molecule has 1 aliphatic rings. The number of aryl methyl sites for hydroxylation is 1. The largest absolute Gasteiger partial charge is 0.466 e. The maximum absolute atomic E-state index is 11.5. The minimum Gasteiger partial charge on any atom is -0.466 e. The second-order valence-electron chi connectivity index (χ2n) is 4.05. The highest BCUT2D eigenvalue weighted by atomic mass is 33.1. The van der Waals surface area contributed by atoms with Gasteiger partial charge in [0.05, 0.1) is 6.61 Å². The molecule has 0 radical (unpaired) electrons. The Balaban J connectivity index is 1.50. The molecule has 0 amide bonds. The summed E-state index contributed by atoms with van der Waals surface area (Å²) in [6.45, 7) is 0.554. The van der Waals surface area contributed by atoms with Crippen LogP contribution in [0.5, 0.6) is 0 Å². The van der Waals surface area contributed by atoms with Crippen molar-refractivity contribution >= 4 is 38.9 Å². The number of hydrogen-bond acceptors (Lipinski definition) is 5. The van der Waals surface area contributed by atoms with Crippen LogP contribution in [0.4, 0.5) is 0 Å². The van der Waals surface area contributed by atoms with Gasteiger partial charge in [0.15, 0.2) is 0 Å². The summed E-state index contributed by atoms with van der Waals surface area (Å²) in [5, 5.41) is 6.84. The SMILES string of the molecule is O=C(CCc1ccsc1)OCCCC1C=CSS1. The van der Waals surface area contributed by atoms with Crippen LogP contribution in [-0.2, 0) is 16.0 Å². The summed E-state index contributed by atoms with van der Waals surface area (Å²) in [6, 6.07) is 2.05. The highest BCUT2D eigenvalue weighted by Crippen LogP contribution is 2.37. The maximum atomic E-state index is 11.5. The summed E-state index contributed by atoms with van der Waals surface area (Å²) in [5.41, 5.74) is 1.22. The Morgan fingerprint density at radius 3 is 3.11 bits per heavy atom. The number of esters is 1. The highest BCUT2D eigenvalue weighted by Gasteiger charge is 2.10. The Morgan fingerprint density at radius 2 is 2.39 bits per heavy atom. The van der Waals surface area contributed by atoms with Gasteiger partial charge in [-0.1, -0.05) is 27.7 Å². The van der Waals surface area contributed by atoms with Crippen molar-refractivity contribution in [1.82, 2.24) is 0 Å². The molecule has 1 aromatic rings. The van der Waals surface area contributed by atoms with Crippen molar-refractivity contribution in [1.29, 1.82) is 0 Å². The number of hydrogen-bond donors (Lipinski definition) is 0. The predicted molar refractivity (Wildman–Crippen MR) is 80.9 cm³/mol. The zero-order valence-electron chi connectivity index (χ0n) is 10.0. The van der Waals surface area contributed by atoms with Crippen molar-refractivity contribution in [2.24, 2.45) is 0 Å². The molecule has 2 nitrogen and oxygen atoms in total. The van der Waals surface area contributed by atoms with Gasteiger partial charge in [-0.15, -0.1) is 0 Å². The molecule has 0 saturated carbocycles. The Labute approximate surface area is 120 Å². The quantitative estimate of drug-likeness (QED) is 0.426. The fraction of sp³-hybridized carbons (Fsp3) is 0.462. The van der Waals surface area contributed by atoms with Gasteiger partial charge in [-0.2, -0.15) is 11.3 Å². The summed E-state index contributed by atoms with van der Waals surface area (Å²) in [4.78, 5) is 11.5. The Morgan fingerprint density at radius 1 is 1.44 bits per heavy atom. The normalized spacial score (nSPS) is 18.1. The van der Waals surface area contributed by atoms with Gasteiger partial charge in [-0.3, -0.25) is 4.79 Å². The molecule has 1 aliphatic heterocycles. The van der Waals surface area contributed by atoms with E-state index in [1.807, 2.05) is 16.2 Å². The van der Waals surface area contributed by atoms with Crippen LogP contribution < -0.4 is 0 Å². The topological polar surface area (TPSA) is 26.3 Å². The van der Waals surface area contributed by atoms with Gasteiger partial charge < -0.3 is 4.74 Å². The lowest BCUT2D eigenvalue weighted by Gasteiger charge is -2.07. The van der Waals surface area contributed by atoms with Crippen LogP contribution in [0.3, 0.4) is 0 Å². The molecule has 0 N–H and O–H groups in total. The van der Waals surface area contributed by atoms with Gasteiger partial charge in [-0.25, -0.2) is 0 Å². The fourth-order valence-electron chi connectivity index (χ4n) is 1.62. The van der Waals surface area contributed by atoms with Crippen molar-refractivity contribution in [2.45, 2.75) is 30.9 Å². The molecule has 1 atom stereocenters. The Hall–Kier alpha value is -0.390. The van der Waals surface area contributed by atoms with Crippen molar-refractivity contribution < 1.29 is 9.53 Å². The average Bonchev–Trinajstić information content (AvgIpc) is 3.04. The second kappa shape index (κ2) is 7.92. The van der Waals surface area contributed by atoms with Crippen LogP contribution in [0.2, 0.25) is 0 Å². The maximum Gasteiger partial charge on any atom is 0.306 e. The average molecular weight is 300 g/mol. The molecule has 2 rings (SSSR count). The van der Waals surface area contributed by atoms with Crippen LogP contribution in [0.15, 0.2) is 28.3 Å². The molecule has 0 aromatic carbocycles. The van der Waals surface area contributed by atoms with Crippen molar-refractivity contribution in [3.8, 4) is 0 Å². The van der Waals surface area contributed by atoms with E-state index in [0.717, 1.165) is 19.3 Å². The zero-order chi connectivity index (χ0) is 12.6. The number of ether oxygens (including phenoxy) is 1. The molecule has 0 aliphatic carbocycles. The van der Waals surface area contributed by atoms with E-state index in [4.69, 9.17) is 4.74 Å². The number of rotatable bonds is 7. The standard InChI is InChI=1S/C13H16O2S3/c14-13(4-3-11-5-8-16-10-11)15-7-1-2-12-6-9-17-18-12/h5-6,8-10,12H,1-4,7H2. The minimum absolute atomic E-state index is 0.0785. The van der Waals surface area contributed by atoms with E-state index in [1.54, 1.807) is 22.1 Å². The van der Waals surface area contributed by atoms with E-state index in [0.29, 0.717) is 18.3 Å². The number of thiophene rings is 1. The summed E-state index contributed by atoms with van der Waals surface area (Å²) < 4.78 is 5.22. The third-order valence-corrected chi connectivity index (χ3v) is 5.78. The van der Waals surface area contributed by atoms with Crippen LogP contribution in [0.25, 0.3) is 0 Å². The first-order chi connectivity index (χ1) is 8.84. The third-order valence-electron chi connectivity index (χ3n) is 2.62. The van der Waals surface area contributed by atoms with Gasteiger partial charge in [0.1, 0.15) is 0 Å². The second-order valence-corrected chi connectivity index (χ2v) is 7.25. The molecular formula is C13H16O2S3. The number of carbonyl (C=O) groups is 1. The molecule has 0 saturated heterocycles. The molecule has 1 aromatic heterocycles. The molecule has 5 heteroatoms. The smallest absolute Gasteiger partial charge is 0.306 e. The van der Waals surface area contributed by atoms with Gasteiger partial charge >= 0.3 is 5.97 Å². The third kappa shape index (κ3) is 5.08. The van der Waals surface area contributed by atoms with E-state index >= 15 is 0 Å². The lowest BCUT2D eigenvalue weighted by molar-refractivity contribution is -0.143. The molecule has 18 heavy (non-hydrogen) atoms. The van der Waals surface area contributed by atoms with Gasteiger partial charge in [0.2, 0.25) is 0 Å². The Bertz CT molecular complexity index is 387. The fourth-order valence-corrected chi connectivity index (χ4v) is 4.59. The van der Waals surface area contributed by atoms with Gasteiger partial charge in [0, 0.05) is 11.7 Å². The van der Waals surface area contributed by atoms with Crippen LogP contribution in [0.1, 0.15) is 24.8 Å². The van der Waals surface area contributed by atoms with Crippen molar-refractivity contribution in [3.63, 3.8) is 0 Å². The zero-order valence-corrected chi connectivity index (χ0v) is 12.5. The first kappa shape index (κ1) is 14.0. The first-order valence-corrected chi connectivity index (χ1v) is 9.22. The molecule has 0 bridgehead atoms. The summed E-state index contributed by atoms with van der Waals surface area (Å²) in [5.74, 6) is -0.0785. The minimum atomic E-state index is -0.0785. The van der Waals surface area contributed by atoms with Crippen LogP contribution in [0, 0.1) is 0 Å². The molecule has 2 heterocycles. The van der Waals surface area contributed by atoms with E-state index < -0.39 is 0 Å². The lowest BCUT2D eigenvalue weighted by atomic mass is 10.2. The highest BCUT2D eigenvalue weighted by molar-refractivity contribution is 8.78. The van der Waals surface area contributed by atoms with Crippen LogP contribution >= 0.6 is 32.9 Å². The first-order valence-electron chi connectivity index (χ1n) is 6.00. The molecule has 1 unspecified atom stereocenters. The predicted octanol–water partition coefficient (Wildman–Crippen LogP) is 4.28. The molecular weight excluding hydrogens is 284 g/mol. The van der Waals surface area contributed by atoms with E-state index in [-0.39, 0.29) is 5.97 Å². The van der Waals surface area contributed by atoms with Crippen molar-refractivity contribution in [3.05, 3.63) is 33.9 Å². The van der Waals surface area contributed by atoms with E-state index in [9.17, 15) is 4.79 Å². The van der Waals surface area contributed by atoms with E-state index in [1.165, 1.54) is 5.56 Å². The molecule has 98 valence electrons. The molecule has 0 spiro atoms. The van der Waals surface area contributed by atoms with Gasteiger partial charge in [0.25, 0.3) is 0 Å². The number of carbonyl (C=O) groups excluding carboxylic acids is 1. The Kier molecular flexibility index (Phi) is 6.17. The summed E-state index contributed by atoms with van der Waals surface area (Å²) in [6.07, 6.45) is 5.54. The summed E-state index contributed by atoms with van der Waals surface area (Å²) in [7, 11) is 3.66. The van der Waals surface area contributed by atoms with E-state index in [2.05, 4.69) is 22.9 Å². The lowest BCUT2D eigenvalue weighted by Crippen LogP contribution is -2.08.